The van der Waals surface area contributed by atoms with Crippen LogP contribution in [0.25, 0.3) is 0 Å². The number of hydrogen-bond donors (Lipinski definition) is 2. The SMILES string of the molecule is Cc1cccc(CNc2ccc(NC(=O)c3cccc(F)c3)nc2)c1. The zero-order chi connectivity index (χ0) is 17.6. The highest BCUT2D eigenvalue weighted by Gasteiger charge is 2.07. The van der Waals surface area contributed by atoms with E-state index in [9.17, 15) is 9.18 Å². The lowest BCUT2D eigenvalue weighted by Crippen LogP contribution is -2.13. The highest BCUT2D eigenvalue weighted by molar-refractivity contribution is 6.03. The first kappa shape index (κ1) is 16.6. The second kappa shape index (κ2) is 7.57. The van der Waals surface area contributed by atoms with Gasteiger partial charge in [0, 0.05) is 12.1 Å². The number of anilines is 2. The van der Waals surface area contributed by atoms with E-state index in [0.717, 1.165) is 5.69 Å². The Balaban J connectivity index is 1.59. The molecule has 3 aromatic rings. The Morgan fingerprint density at radius 2 is 1.92 bits per heavy atom. The molecule has 0 bridgehead atoms. The van der Waals surface area contributed by atoms with Crippen LogP contribution in [-0.4, -0.2) is 10.9 Å². The highest BCUT2D eigenvalue weighted by Crippen LogP contribution is 2.13. The van der Waals surface area contributed by atoms with Crippen LogP contribution in [0.15, 0.2) is 66.9 Å². The van der Waals surface area contributed by atoms with Gasteiger partial charge in [-0.05, 0) is 42.8 Å². The van der Waals surface area contributed by atoms with E-state index in [1.54, 1.807) is 18.3 Å². The van der Waals surface area contributed by atoms with Crippen LogP contribution in [0.3, 0.4) is 0 Å². The smallest absolute Gasteiger partial charge is 0.256 e. The van der Waals surface area contributed by atoms with Crippen LogP contribution in [0.1, 0.15) is 21.5 Å². The fourth-order valence-electron chi connectivity index (χ4n) is 2.42. The molecule has 0 saturated carbocycles. The lowest BCUT2D eigenvalue weighted by atomic mass is 10.1. The van der Waals surface area contributed by atoms with Gasteiger partial charge in [-0.15, -0.1) is 0 Å². The average molecular weight is 335 g/mol. The van der Waals surface area contributed by atoms with E-state index in [1.165, 1.54) is 29.3 Å². The van der Waals surface area contributed by atoms with Crippen molar-refractivity contribution in [3.05, 3.63) is 89.4 Å². The van der Waals surface area contributed by atoms with E-state index in [4.69, 9.17) is 0 Å². The molecule has 0 unspecified atom stereocenters. The van der Waals surface area contributed by atoms with Gasteiger partial charge in [0.15, 0.2) is 0 Å². The first-order valence-electron chi connectivity index (χ1n) is 7.92. The molecule has 126 valence electrons. The highest BCUT2D eigenvalue weighted by atomic mass is 19.1. The number of halogens is 1. The third kappa shape index (κ3) is 4.64. The molecule has 0 fully saturated rings. The van der Waals surface area contributed by atoms with Gasteiger partial charge in [-0.25, -0.2) is 9.37 Å². The Morgan fingerprint density at radius 3 is 2.64 bits per heavy atom. The van der Waals surface area contributed by atoms with Gasteiger partial charge in [0.25, 0.3) is 5.91 Å². The molecule has 0 aliphatic rings. The maximum absolute atomic E-state index is 13.2. The van der Waals surface area contributed by atoms with Crippen LogP contribution >= 0.6 is 0 Å². The third-order valence-electron chi connectivity index (χ3n) is 3.67. The van der Waals surface area contributed by atoms with E-state index in [1.807, 2.05) is 12.1 Å². The van der Waals surface area contributed by atoms with Crippen molar-refractivity contribution in [2.24, 2.45) is 0 Å². The number of aryl methyl sites for hydroxylation is 1. The fraction of sp³-hybridized carbons (Fsp3) is 0.100. The summed E-state index contributed by atoms with van der Waals surface area (Å²) < 4.78 is 13.2. The molecule has 0 aliphatic carbocycles. The number of carbonyl (C=O) groups is 1. The number of aromatic nitrogens is 1. The quantitative estimate of drug-likeness (QED) is 0.727. The Morgan fingerprint density at radius 1 is 1.08 bits per heavy atom. The topological polar surface area (TPSA) is 54.0 Å². The van der Waals surface area contributed by atoms with Crippen LogP contribution in [0, 0.1) is 12.7 Å². The van der Waals surface area contributed by atoms with Gasteiger partial charge in [-0.1, -0.05) is 35.9 Å². The van der Waals surface area contributed by atoms with Crippen molar-refractivity contribution in [3.8, 4) is 0 Å². The molecule has 4 nitrogen and oxygen atoms in total. The van der Waals surface area contributed by atoms with Crippen molar-refractivity contribution in [3.63, 3.8) is 0 Å². The van der Waals surface area contributed by atoms with Gasteiger partial charge in [-0.3, -0.25) is 4.79 Å². The number of benzene rings is 2. The molecule has 1 aromatic heterocycles. The zero-order valence-electron chi connectivity index (χ0n) is 13.8. The second-order valence-corrected chi connectivity index (χ2v) is 5.74. The summed E-state index contributed by atoms with van der Waals surface area (Å²) >= 11 is 0. The lowest BCUT2D eigenvalue weighted by Gasteiger charge is -2.08. The van der Waals surface area contributed by atoms with E-state index in [2.05, 4.69) is 40.7 Å². The summed E-state index contributed by atoms with van der Waals surface area (Å²) in [6.07, 6.45) is 1.65. The van der Waals surface area contributed by atoms with E-state index < -0.39 is 11.7 Å². The summed E-state index contributed by atoms with van der Waals surface area (Å²) in [6.45, 7) is 2.75. The summed E-state index contributed by atoms with van der Waals surface area (Å²) in [5, 5.41) is 5.93. The molecule has 1 amide bonds. The van der Waals surface area contributed by atoms with Crippen molar-refractivity contribution in [1.29, 1.82) is 0 Å². The van der Waals surface area contributed by atoms with E-state index >= 15 is 0 Å². The molecule has 0 saturated heterocycles. The maximum Gasteiger partial charge on any atom is 0.256 e. The van der Waals surface area contributed by atoms with Crippen molar-refractivity contribution in [2.75, 3.05) is 10.6 Å². The van der Waals surface area contributed by atoms with Gasteiger partial charge in [0.1, 0.15) is 11.6 Å². The number of nitrogens with zero attached hydrogens (tertiary/aromatic N) is 1. The molecular formula is C20H18FN3O. The zero-order valence-corrected chi connectivity index (χ0v) is 13.8. The second-order valence-electron chi connectivity index (χ2n) is 5.74. The molecule has 5 heteroatoms. The Kier molecular flexibility index (Phi) is 5.04. The number of carbonyl (C=O) groups excluding carboxylic acids is 1. The van der Waals surface area contributed by atoms with Crippen LogP contribution in [0.2, 0.25) is 0 Å². The molecule has 3 rings (SSSR count). The van der Waals surface area contributed by atoms with Crippen molar-refractivity contribution >= 4 is 17.4 Å². The standard InChI is InChI=1S/C20H18FN3O/c1-14-4-2-5-15(10-14)12-22-18-8-9-19(23-13-18)24-20(25)16-6-3-7-17(21)11-16/h2-11,13,22H,12H2,1H3,(H,23,24,25). The van der Waals surface area contributed by atoms with Gasteiger partial charge in [0.05, 0.1) is 11.9 Å². The normalized spacial score (nSPS) is 10.3. The average Bonchev–Trinajstić information content (AvgIpc) is 2.61. The van der Waals surface area contributed by atoms with Gasteiger partial charge < -0.3 is 10.6 Å². The number of amides is 1. The summed E-state index contributed by atoms with van der Waals surface area (Å²) in [6, 6.07) is 17.3. The van der Waals surface area contributed by atoms with E-state index in [-0.39, 0.29) is 5.56 Å². The summed E-state index contributed by atoms with van der Waals surface area (Å²) in [5.41, 5.74) is 3.50. The minimum absolute atomic E-state index is 0.253. The van der Waals surface area contributed by atoms with Crippen molar-refractivity contribution < 1.29 is 9.18 Å². The minimum atomic E-state index is -0.448. The van der Waals surface area contributed by atoms with Gasteiger partial charge in [0.2, 0.25) is 0 Å². The number of pyridine rings is 1. The summed E-state index contributed by atoms with van der Waals surface area (Å²) in [4.78, 5) is 16.3. The Bertz CT molecular complexity index is 878. The summed E-state index contributed by atoms with van der Waals surface area (Å²) in [5.74, 6) is -0.431. The first-order valence-corrected chi connectivity index (χ1v) is 7.92. The minimum Gasteiger partial charge on any atom is -0.380 e. The van der Waals surface area contributed by atoms with Crippen LogP contribution in [-0.2, 0) is 6.54 Å². The first-order chi connectivity index (χ1) is 12.1. The van der Waals surface area contributed by atoms with Crippen LogP contribution in [0.4, 0.5) is 15.9 Å². The molecule has 0 aliphatic heterocycles. The van der Waals surface area contributed by atoms with Crippen LogP contribution in [0.5, 0.6) is 0 Å². The Hall–Kier alpha value is -3.21. The monoisotopic (exact) mass is 335 g/mol. The third-order valence-corrected chi connectivity index (χ3v) is 3.67. The number of rotatable bonds is 5. The Labute approximate surface area is 145 Å². The molecule has 2 aromatic carbocycles. The van der Waals surface area contributed by atoms with Crippen molar-refractivity contribution in [2.45, 2.75) is 13.5 Å². The molecule has 1 heterocycles. The molecule has 0 spiro atoms. The number of nitrogens with one attached hydrogen (secondary N) is 2. The molecule has 0 radical (unpaired) electrons. The molecular weight excluding hydrogens is 317 g/mol. The molecule has 25 heavy (non-hydrogen) atoms. The molecule has 0 atom stereocenters. The maximum atomic E-state index is 13.2. The lowest BCUT2D eigenvalue weighted by molar-refractivity contribution is 0.102. The van der Waals surface area contributed by atoms with Crippen molar-refractivity contribution in [1.82, 2.24) is 4.98 Å². The summed E-state index contributed by atoms with van der Waals surface area (Å²) in [7, 11) is 0. The largest absolute Gasteiger partial charge is 0.380 e. The molecule has 2 N–H and O–H groups in total. The van der Waals surface area contributed by atoms with Crippen LogP contribution < -0.4 is 10.6 Å². The van der Waals surface area contributed by atoms with E-state index in [0.29, 0.717) is 12.4 Å². The predicted octanol–water partition coefficient (Wildman–Crippen LogP) is 4.39. The predicted molar refractivity (Wildman–Crippen MR) is 97.1 cm³/mol. The van der Waals surface area contributed by atoms with Gasteiger partial charge in [-0.2, -0.15) is 0 Å². The number of hydrogen-bond acceptors (Lipinski definition) is 3. The van der Waals surface area contributed by atoms with Gasteiger partial charge >= 0.3 is 0 Å². The fourth-order valence-corrected chi connectivity index (χ4v) is 2.42.